The number of nitrogens with zero attached hydrogens (tertiary/aromatic N) is 1. The summed E-state index contributed by atoms with van der Waals surface area (Å²) in [5.41, 5.74) is 1.32. The Labute approximate surface area is 144 Å². The minimum Gasteiger partial charge on any atom is -0.377 e. The molecular formula is C20H27NOS. The number of hydrogen-bond donors (Lipinski definition) is 1. The number of aliphatic hydroxyl groups excluding tert-OH is 1. The van der Waals surface area contributed by atoms with Crippen molar-refractivity contribution in [2.24, 2.45) is 5.92 Å². The standard InChI is InChI=1S/C20H27NOS/c1-4-13-20(23-3)14-12-17-15(2)10-11-18(21(17)19(20)22)16-8-6-5-7-9-16/h1,5-9,15,17-19,22H,10-14H2,2-3H3/t15-,17+,18+,19-,20-/m0/s1. The molecule has 0 unspecified atom stereocenters. The van der Waals surface area contributed by atoms with E-state index in [1.54, 1.807) is 11.8 Å². The molecule has 0 aromatic heterocycles. The van der Waals surface area contributed by atoms with Gasteiger partial charge in [-0.1, -0.05) is 37.3 Å². The molecule has 0 radical (unpaired) electrons. The van der Waals surface area contributed by atoms with E-state index in [2.05, 4.69) is 54.3 Å². The maximum atomic E-state index is 11.3. The second kappa shape index (κ2) is 6.89. The van der Waals surface area contributed by atoms with Crippen molar-refractivity contribution in [2.45, 2.75) is 62.1 Å². The van der Waals surface area contributed by atoms with Gasteiger partial charge in [-0.25, -0.2) is 0 Å². The molecule has 124 valence electrons. The maximum absolute atomic E-state index is 11.3. The lowest BCUT2D eigenvalue weighted by Gasteiger charge is -2.56. The number of piperidine rings is 2. The van der Waals surface area contributed by atoms with Crippen molar-refractivity contribution >= 4 is 11.8 Å². The molecular weight excluding hydrogens is 302 g/mol. The molecule has 1 aromatic rings. The molecule has 1 aromatic carbocycles. The minimum absolute atomic E-state index is 0.227. The smallest absolute Gasteiger partial charge is 0.123 e. The SMILES string of the molecule is C#CC[C@]1(SC)CC[C@@H]2[C@@H](C)CC[C@H](c3ccccc3)N2[C@H]1O. The third kappa shape index (κ3) is 2.93. The summed E-state index contributed by atoms with van der Waals surface area (Å²) >= 11 is 1.75. The van der Waals surface area contributed by atoms with E-state index in [1.165, 1.54) is 12.0 Å². The Hall–Kier alpha value is -0.950. The normalized spacial score (nSPS) is 37.8. The molecule has 0 amide bonds. The van der Waals surface area contributed by atoms with Gasteiger partial charge in [0.05, 0.1) is 4.75 Å². The zero-order valence-electron chi connectivity index (χ0n) is 14.1. The van der Waals surface area contributed by atoms with Crippen molar-refractivity contribution in [1.82, 2.24) is 4.90 Å². The molecule has 2 aliphatic rings. The summed E-state index contributed by atoms with van der Waals surface area (Å²) in [6, 6.07) is 11.4. The Morgan fingerprint density at radius 1 is 1.30 bits per heavy atom. The van der Waals surface area contributed by atoms with Gasteiger partial charge < -0.3 is 5.11 Å². The van der Waals surface area contributed by atoms with Gasteiger partial charge in [0, 0.05) is 18.5 Å². The average molecular weight is 330 g/mol. The van der Waals surface area contributed by atoms with Crippen LogP contribution in [-0.2, 0) is 0 Å². The van der Waals surface area contributed by atoms with Crippen LogP contribution in [0, 0.1) is 18.3 Å². The van der Waals surface area contributed by atoms with Crippen LogP contribution in [0.15, 0.2) is 30.3 Å². The molecule has 2 heterocycles. The second-order valence-corrected chi connectivity index (χ2v) is 8.28. The topological polar surface area (TPSA) is 23.5 Å². The lowest BCUT2D eigenvalue weighted by atomic mass is 9.75. The fourth-order valence-corrected chi connectivity index (χ4v) is 5.39. The third-order valence-corrected chi connectivity index (χ3v) is 7.28. The van der Waals surface area contributed by atoms with E-state index < -0.39 is 6.23 Å². The Morgan fingerprint density at radius 2 is 2.04 bits per heavy atom. The molecule has 5 atom stereocenters. The molecule has 3 heteroatoms. The lowest BCUT2D eigenvalue weighted by Crippen LogP contribution is -2.62. The van der Waals surface area contributed by atoms with Crippen LogP contribution in [0.25, 0.3) is 0 Å². The van der Waals surface area contributed by atoms with Gasteiger partial charge in [-0.05, 0) is 43.4 Å². The van der Waals surface area contributed by atoms with E-state index in [4.69, 9.17) is 6.42 Å². The molecule has 3 rings (SSSR count). The first kappa shape index (κ1) is 16.9. The van der Waals surface area contributed by atoms with E-state index in [1.807, 2.05) is 0 Å². The van der Waals surface area contributed by atoms with Gasteiger partial charge in [0.1, 0.15) is 6.23 Å². The van der Waals surface area contributed by atoms with Crippen molar-refractivity contribution < 1.29 is 5.11 Å². The van der Waals surface area contributed by atoms with Crippen LogP contribution in [0.2, 0.25) is 0 Å². The van der Waals surface area contributed by atoms with Crippen LogP contribution >= 0.6 is 11.8 Å². The van der Waals surface area contributed by atoms with E-state index >= 15 is 0 Å². The highest BCUT2D eigenvalue weighted by Crippen LogP contribution is 2.50. The molecule has 2 aliphatic heterocycles. The van der Waals surface area contributed by atoms with Gasteiger partial charge in [0.15, 0.2) is 0 Å². The highest BCUT2D eigenvalue weighted by molar-refractivity contribution is 8.00. The van der Waals surface area contributed by atoms with Gasteiger partial charge in [-0.2, -0.15) is 11.8 Å². The first-order chi connectivity index (χ1) is 11.1. The Kier molecular flexibility index (Phi) is 5.06. The van der Waals surface area contributed by atoms with E-state index in [0.29, 0.717) is 24.4 Å². The number of thioether (sulfide) groups is 1. The van der Waals surface area contributed by atoms with E-state index in [0.717, 1.165) is 19.3 Å². The van der Waals surface area contributed by atoms with Crippen molar-refractivity contribution in [1.29, 1.82) is 0 Å². The maximum Gasteiger partial charge on any atom is 0.123 e. The summed E-state index contributed by atoms with van der Waals surface area (Å²) in [7, 11) is 0. The first-order valence-electron chi connectivity index (χ1n) is 8.62. The van der Waals surface area contributed by atoms with Crippen molar-refractivity contribution in [3.8, 4) is 12.3 Å². The molecule has 2 nitrogen and oxygen atoms in total. The summed E-state index contributed by atoms with van der Waals surface area (Å²) in [5, 5.41) is 11.3. The number of terminal acetylenes is 1. The molecule has 1 N–H and O–H groups in total. The summed E-state index contributed by atoms with van der Waals surface area (Å²) < 4.78 is -0.227. The Morgan fingerprint density at radius 3 is 2.70 bits per heavy atom. The zero-order valence-corrected chi connectivity index (χ0v) is 14.9. The van der Waals surface area contributed by atoms with E-state index in [-0.39, 0.29) is 4.75 Å². The van der Waals surface area contributed by atoms with Gasteiger partial charge in [-0.3, -0.25) is 4.90 Å². The summed E-state index contributed by atoms with van der Waals surface area (Å²) in [5.74, 6) is 3.45. The highest BCUT2D eigenvalue weighted by Gasteiger charge is 2.51. The van der Waals surface area contributed by atoms with Gasteiger partial charge >= 0.3 is 0 Å². The van der Waals surface area contributed by atoms with Gasteiger partial charge in [-0.15, -0.1) is 12.3 Å². The molecule has 2 saturated heterocycles. The molecule has 0 bridgehead atoms. The summed E-state index contributed by atoms with van der Waals surface area (Å²) in [6.07, 6.45) is 12.4. The highest BCUT2D eigenvalue weighted by atomic mass is 32.2. The molecule has 2 fully saturated rings. The van der Waals surface area contributed by atoms with Crippen LogP contribution < -0.4 is 0 Å². The molecule has 23 heavy (non-hydrogen) atoms. The van der Waals surface area contributed by atoms with E-state index in [9.17, 15) is 5.11 Å². The molecule has 0 saturated carbocycles. The largest absolute Gasteiger partial charge is 0.377 e. The predicted molar refractivity (Wildman–Crippen MR) is 98.1 cm³/mol. The van der Waals surface area contributed by atoms with Crippen molar-refractivity contribution in [3.05, 3.63) is 35.9 Å². The monoisotopic (exact) mass is 329 g/mol. The fraction of sp³-hybridized carbons (Fsp3) is 0.600. The quantitative estimate of drug-likeness (QED) is 0.846. The number of benzene rings is 1. The zero-order chi connectivity index (χ0) is 16.4. The van der Waals surface area contributed by atoms with Crippen LogP contribution in [0.1, 0.15) is 50.6 Å². The third-order valence-electron chi connectivity index (χ3n) is 5.90. The second-order valence-electron chi connectivity index (χ2n) is 7.06. The van der Waals surface area contributed by atoms with Gasteiger partial charge in [0.25, 0.3) is 0 Å². The van der Waals surface area contributed by atoms with Crippen LogP contribution in [-0.4, -0.2) is 33.3 Å². The fourth-order valence-electron chi connectivity index (χ4n) is 4.51. The first-order valence-corrected chi connectivity index (χ1v) is 9.84. The minimum atomic E-state index is -0.472. The predicted octanol–water partition coefficient (Wildman–Crippen LogP) is 4.07. The lowest BCUT2D eigenvalue weighted by molar-refractivity contribution is -0.134. The van der Waals surface area contributed by atoms with Gasteiger partial charge in [0.2, 0.25) is 0 Å². The average Bonchev–Trinajstić information content (AvgIpc) is 2.59. The Bertz CT molecular complexity index is 569. The molecule has 0 aliphatic carbocycles. The van der Waals surface area contributed by atoms with Crippen molar-refractivity contribution in [2.75, 3.05) is 6.26 Å². The Balaban J connectivity index is 1.96. The number of hydrogen-bond acceptors (Lipinski definition) is 3. The molecule has 0 spiro atoms. The number of rotatable bonds is 3. The van der Waals surface area contributed by atoms with Crippen LogP contribution in [0.5, 0.6) is 0 Å². The summed E-state index contributed by atoms with van der Waals surface area (Å²) in [4.78, 5) is 2.39. The van der Waals surface area contributed by atoms with Crippen LogP contribution in [0.3, 0.4) is 0 Å². The van der Waals surface area contributed by atoms with Crippen molar-refractivity contribution in [3.63, 3.8) is 0 Å². The van der Waals surface area contributed by atoms with Crippen LogP contribution in [0.4, 0.5) is 0 Å². The number of fused-ring (bicyclic) bond motifs is 1. The summed E-state index contributed by atoms with van der Waals surface area (Å²) in [6.45, 7) is 2.33. The number of aliphatic hydroxyl groups is 1.